The van der Waals surface area contributed by atoms with Crippen molar-refractivity contribution in [1.82, 2.24) is 10.2 Å². The van der Waals surface area contributed by atoms with Crippen LogP contribution in [0.1, 0.15) is 5.56 Å². The molecule has 0 radical (unpaired) electrons. The molecule has 0 bridgehead atoms. The fourth-order valence-corrected chi connectivity index (χ4v) is 2.70. The number of nitro benzene ring substituents is 1. The number of aliphatic imine (C=N–C) groups is 1. The third-order valence-corrected chi connectivity index (χ3v) is 4.00. The Morgan fingerprint density at radius 1 is 1.19 bits per heavy atom. The van der Waals surface area contributed by atoms with E-state index in [0.29, 0.717) is 25.3 Å². The van der Waals surface area contributed by atoms with Gasteiger partial charge in [0.05, 0.1) is 12.0 Å². The third kappa shape index (κ3) is 5.60. The Labute approximate surface area is 159 Å². The lowest BCUT2D eigenvalue weighted by Crippen LogP contribution is -2.40. The first kappa shape index (κ1) is 20.0. The number of para-hydroxylation sites is 3. The van der Waals surface area contributed by atoms with Crippen molar-refractivity contribution in [3.63, 3.8) is 0 Å². The van der Waals surface area contributed by atoms with Crippen molar-refractivity contribution in [3.8, 4) is 5.75 Å². The zero-order valence-corrected chi connectivity index (χ0v) is 15.8. The van der Waals surface area contributed by atoms with Gasteiger partial charge in [0.15, 0.2) is 5.96 Å². The average Bonchev–Trinajstić information content (AvgIpc) is 2.68. The molecule has 0 aromatic heterocycles. The first-order chi connectivity index (χ1) is 13.1. The largest absolute Gasteiger partial charge is 0.496 e. The van der Waals surface area contributed by atoms with Crippen LogP contribution in [0.3, 0.4) is 0 Å². The summed E-state index contributed by atoms with van der Waals surface area (Å²) in [5.74, 6) is 1.56. The second kappa shape index (κ2) is 10.0. The summed E-state index contributed by atoms with van der Waals surface area (Å²) in [5.41, 5.74) is 1.63. The molecular weight excluding hydrogens is 346 g/mol. The van der Waals surface area contributed by atoms with Gasteiger partial charge in [-0.3, -0.25) is 15.1 Å². The normalized spacial score (nSPS) is 11.0. The summed E-state index contributed by atoms with van der Waals surface area (Å²) in [6.07, 6.45) is 0. The minimum atomic E-state index is -0.393. The molecule has 0 saturated carbocycles. The molecule has 0 fully saturated rings. The Bertz CT molecular complexity index is 794. The van der Waals surface area contributed by atoms with Crippen LogP contribution in [0.25, 0.3) is 0 Å². The van der Waals surface area contributed by atoms with Gasteiger partial charge in [0, 0.05) is 45.4 Å². The number of nitrogens with one attached hydrogen (secondary N) is 2. The molecule has 27 heavy (non-hydrogen) atoms. The lowest BCUT2D eigenvalue weighted by Gasteiger charge is -2.23. The Kier molecular flexibility index (Phi) is 7.42. The van der Waals surface area contributed by atoms with E-state index in [9.17, 15) is 10.1 Å². The molecule has 0 unspecified atom stereocenters. The van der Waals surface area contributed by atoms with Crippen LogP contribution in [-0.4, -0.2) is 50.1 Å². The number of hydrogen-bond acceptors (Lipinski definition) is 5. The number of nitrogens with zero attached hydrogens (tertiary/aromatic N) is 3. The Morgan fingerprint density at radius 2 is 1.89 bits per heavy atom. The Balaban J connectivity index is 1.88. The number of hydrogen-bond donors (Lipinski definition) is 2. The number of methoxy groups -OCH3 is 1. The lowest BCUT2D eigenvalue weighted by molar-refractivity contribution is -0.384. The van der Waals surface area contributed by atoms with E-state index in [1.165, 1.54) is 6.07 Å². The maximum atomic E-state index is 11.0. The van der Waals surface area contributed by atoms with Gasteiger partial charge in [-0.05, 0) is 12.1 Å². The van der Waals surface area contributed by atoms with Crippen LogP contribution in [0.15, 0.2) is 53.5 Å². The van der Waals surface area contributed by atoms with Crippen molar-refractivity contribution in [1.29, 1.82) is 0 Å². The summed E-state index contributed by atoms with van der Waals surface area (Å²) >= 11 is 0. The minimum absolute atomic E-state index is 0.0650. The maximum absolute atomic E-state index is 11.0. The topological polar surface area (TPSA) is 92.0 Å². The molecule has 0 saturated heterocycles. The molecule has 0 heterocycles. The van der Waals surface area contributed by atoms with Crippen molar-refractivity contribution in [2.75, 3.05) is 39.6 Å². The zero-order valence-electron chi connectivity index (χ0n) is 15.8. The second-order valence-corrected chi connectivity index (χ2v) is 5.84. The van der Waals surface area contributed by atoms with Gasteiger partial charge in [0.25, 0.3) is 5.69 Å². The van der Waals surface area contributed by atoms with Gasteiger partial charge >= 0.3 is 0 Å². The summed E-state index contributed by atoms with van der Waals surface area (Å²) in [6, 6.07) is 14.4. The van der Waals surface area contributed by atoms with E-state index in [2.05, 4.69) is 15.6 Å². The fourth-order valence-electron chi connectivity index (χ4n) is 2.70. The Hall–Kier alpha value is -3.29. The lowest BCUT2D eigenvalue weighted by atomic mass is 10.2. The van der Waals surface area contributed by atoms with Gasteiger partial charge in [-0.2, -0.15) is 0 Å². The predicted octanol–water partition coefficient (Wildman–Crippen LogP) is 2.72. The molecule has 0 spiro atoms. The molecule has 144 valence electrons. The van der Waals surface area contributed by atoms with Crippen LogP contribution >= 0.6 is 0 Å². The minimum Gasteiger partial charge on any atom is -0.496 e. The molecule has 0 amide bonds. The highest BCUT2D eigenvalue weighted by atomic mass is 16.6. The molecule has 0 aliphatic rings. The van der Waals surface area contributed by atoms with Crippen LogP contribution in [0.5, 0.6) is 5.75 Å². The number of benzene rings is 2. The van der Waals surface area contributed by atoms with E-state index in [4.69, 9.17) is 4.74 Å². The number of rotatable bonds is 8. The van der Waals surface area contributed by atoms with Crippen molar-refractivity contribution >= 4 is 17.3 Å². The van der Waals surface area contributed by atoms with Crippen molar-refractivity contribution in [3.05, 3.63) is 64.2 Å². The number of ether oxygens (including phenoxy) is 1. The highest BCUT2D eigenvalue weighted by Crippen LogP contribution is 2.22. The van der Waals surface area contributed by atoms with Crippen LogP contribution in [0.4, 0.5) is 11.4 Å². The first-order valence-corrected chi connectivity index (χ1v) is 8.57. The molecule has 2 rings (SSSR count). The molecule has 0 aliphatic heterocycles. The van der Waals surface area contributed by atoms with Crippen LogP contribution in [0, 0.1) is 10.1 Å². The molecule has 0 atom stereocenters. The van der Waals surface area contributed by atoms with Crippen molar-refractivity contribution in [2.45, 2.75) is 6.54 Å². The summed E-state index contributed by atoms with van der Waals surface area (Å²) in [4.78, 5) is 16.9. The van der Waals surface area contributed by atoms with Crippen molar-refractivity contribution < 1.29 is 9.66 Å². The predicted molar refractivity (Wildman–Crippen MR) is 107 cm³/mol. The maximum Gasteiger partial charge on any atom is 0.292 e. The molecule has 0 aliphatic carbocycles. The second-order valence-electron chi connectivity index (χ2n) is 5.84. The van der Waals surface area contributed by atoms with E-state index in [1.807, 2.05) is 36.2 Å². The number of nitro groups is 1. The SMILES string of the molecule is CN=C(NCCNc1ccccc1[N+](=O)[O-])N(C)Cc1ccccc1OC. The average molecular weight is 371 g/mol. The van der Waals surface area contributed by atoms with Crippen LogP contribution in [-0.2, 0) is 6.54 Å². The highest BCUT2D eigenvalue weighted by molar-refractivity contribution is 5.79. The van der Waals surface area contributed by atoms with Gasteiger partial charge in [-0.1, -0.05) is 30.3 Å². The van der Waals surface area contributed by atoms with E-state index in [0.717, 1.165) is 17.3 Å². The summed E-state index contributed by atoms with van der Waals surface area (Å²) < 4.78 is 5.39. The van der Waals surface area contributed by atoms with Gasteiger partial charge < -0.3 is 20.3 Å². The number of anilines is 1. The first-order valence-electron chi connectivity index (χ1n) is 8.57. The van der Waals surface area contributed by atoms with E-state index < -0.39 is 4.92 Å². The van der Waals surface area contributed by atoms with Gasteiger partial charge in [0.2, 0.25) is 0 Å². The molecule has 2 aromatic carbocycles. The zero-order chi connectivity index (χ0) is 19.6. The van der Waals surface area contributed by atoms with E-state index in [-0.39, 0.29) is 5.69 Å². The summed E-state index contributed by atoms with van der Waals surface area (Å²) in [7, 11) is 5.31. The van der Waals surface area contributed by atoms with Crippen LogP contribution < -0.4 is 15.4 Å². The van der Waals surface area contributed by atoms with E-state index >= 15 is 0 Å². The highest BCUT2D eigenvalue weighted by Gasteiger charge is 2.12. The monoisotopic (exact) mass is 371 g/mol. The molecule has 2 N–H and O–H groups in total. The van der Waals surface area contributed by atoms with E-state index in [1.54, 1.807) is 32.4 Å². The standard InChI is InChI=1S/C19H25N5O3/c1-20-19(23(2)14-15-8-4-7-11-18(15)27-3)22-13-12-21-16-9-5-6-10-17(16)24(25)26/h4-11,21H,12-14H2,1-3H3,(H,20,22). The quantitative estimate of drug-likeness (QED) is 0.244. The molecule has 8 heteroatoms. The smallest absolute Gasteiger partial charge is 0.292 e. The van der Waals surface area contributed by atoms with Gasteiger partial charge in [0.1, 0.15) is 11.4 Å². The summed E-state index contributed by atoms with van der Waals surface area (Å²) in [6.45, 7) is 1.72. The fraction of sp³-hybridized carbons (Fsp3) is 0.316. The number of guanidine groups is 1. The van der Waals surface area contributed by atoms with Crippen LogP contribution in [0.2, 0.25) is 0 Å². The van der Waals surface area contributed by atoms with Crippen molar-refractivity contribution in [2.24, 2.45) is 4.99 Å². The molecule has 2 aromatic rings. The summed E-state index contributed by atoms with van der Waals surface area (Å²) in [5, 5.41) is 17.4. The Morgan fingerprint density at radius 3 is 2.59 bits per heavy atom. The molecular formula is C19H25N5O3. The third-order valence-electron chi connectivity index (χ3n) is 4.00. The molecule has 8 nitrogen and oxygen atoms in total. The van der Waals surface area contributed by atoms with Gasteiger partial charge in [-0.15, -0.1) is 0 Å². The van der Waals surface area contributed by atoms with Gasteiger partial charge in [-0.25, -0.2) is 0 Å².